The lowest BCUT2D eigenvalue weighted by Gasteiger charge is -2.29. The van der Waals surface area contributed by atoms with E-state index in [-0.39, 0.29) is 25.2 Å². The SMILES string of the molecule is C[C@H](NC(=O)COc1ccccc1)C(=O)OCC(=O)N[C@H]1CCCC[C@H]1C. The molecule has 1 aliphatic carbocycles. The summed E-state index contributed by atoms with van der Waals surface area (Å²) in [7, 11) is 0. The summed E-state index contributed by atoms with van der Waals surface area (Å²) >= 11 is 0. The molecule has 2 rings (SSSR count). The molecule has 0 spiro atoms. The number of carbonyl (C=O) groups excluding carboxylic acids is 3. The number of carbonyl (C=O) groups is 3. The molecule has 1 fully saturated rings. The monoisotopic (exact) mass is 376 g/mol. The van der Waals surface area contributed by atoms with Crippen molar-refractivity contribution in [1.82, 2.24) is 10.6 Å². The average molecular weight is 376 g/mol. The normalized spacial score (nSPS) is 20.2. The van der Waals surface area contributed by atoms with Crippen molar-refractivity contribution in [1.29, 1.82) is 0 Å². The topological polar surface area (TPSA) is 93.7 Å². The van der Waals surface area contributed by atoms with E-state index in [2.05, 4.69) is 17.6 Å². The summed E-state index contributed by atoms with van der Waals surface area (Å²) in [5.41, 5.74) is 0. The van der Waals surface area contributed by atoms with Crippen LogP contribution in [0.15, 0.2) is 30.3 Å². The Kier molecular flexibility index (Phi) is 8.10. The van der Waals surface area contributed by atoms with Crippen LogP contribution in [0.25, 0.3) is 0 Å². The van der Waals surface area contributed by atoms with Crippen LogP contribution in [0, 0.1) is 5.92 Å². The molecule has 2 amide bonds. The Bertz CT molecular complexity index is 635. The van der Waals surface area contributed by atoms with Crippen LogP contribution < -0.4 is 15.4 Å². The highest BCUT2D eigenvalue weighted by Crippen LogP contribution is 2.23. The van der Waals surface area contributed by atoms with Gasteiger partial charge in [-0.15, -0.1) is 0 Å². The second-order valence-corrected chi connectivity index (χ2v) is 6.93. The second-order valence-electron chi connectivity index (χ2n) is 6.93. The lowest BCUT2D eigenvalue weighted by atomic mass is 9.86. The highest BCUT2D eigenvalue weighted by atomic mass is 16.5. The standard InChI is InChI=1S/C20H28N2O5/c1-14-8-6-7-11-17(14)22-19(24)13-27-20(25)15(2)21-18(23)12-26-16-9-4-3-5-10-16/h3-5,9-10,14-15,17H,6-8,11-13H2,1-2H3,(H,21,23)(H,22,24)/t14-,15+,17+/m1/s1. The number of amides is 2. The molecule has 3 atom stereocenters. The maximum Gasteiger partial charge on any atom is 0.328 e. The van der Waals surface area contributed by atoms with E-state index >= 15 is 0 Å². The summed E-state index contributed by atoms with van der Waals surface area (Å²) in [6, 6.07) is 8.18. The van der Waals surface area contributed by atoms with Gasteiger partial charge >= 0.3 is 5.97 Å². The minimum Gasteiger partial charge on any atom is -0.484 e. The molecule has 0 bridgehead atoms. The highest BCUT2D eigenvalue weighted by Gasteiger charge is 2.24. The number of esters is 1. The van der Waals surface area contributed by atoms with Crippen LogP contribution in [-0.2, 0) is 19.1 Å². The van der Waals surface area contributed by atoms with Crippen molar-refractivity contribution in [3.8, 4) is 5.75 Å². The summed E-state index contributed by atoms with van der Waals surface area (Å²) in [5.74, 6) is -0.413. The third-order valence-electron chi connectivity index (χ3n) is 4.65. The fraction of sp³-hybridized carbons (Fsp3) is 0.550. The van der Waals surface area contributed by atoms with Gasteiger partial charge in [-0.05, 0) is 37.8 Å². The Labute approximate surface area is 159 Å². The van der Waals surface area contributed by atoms with Crippen molar-refractivity contribution in [3.63, 3.8) is 0 Å². The van der Waals surface area contributed by atoms with Gasteiger partial charge in [0.15, 0.2) is 13.2 Å². The summed E-state index contributed by atoms with van der Waals surface area (Å²) in [6.45, 7) is 3.07. The Morgan fingerprint density at radius 2 is 1.78 bits per heavy atom. The molecule has 1 aromatic carbocycles. The van der Waals surface area contributed by atoms with E-state index in [4.69, 9.17) is 9.47 Å². The maximum absolute atomic E-state index is 12.0. The van der Waals surface area contributed by atoms with Gasteiger partial charge in [0.1, 0.15) is 11.8 Å². The summed E-state index contributed by atoms with van der Waals surface area (Å²) in [4.78, 5) is 35.8. The Balaban J connectivity index is 1.65. The molecule has 0 heterocycles. The summed E-state index contributed by atoms with van der Waals surface area (Å²) in [5, 5.41) is 5.41. The molecule has 7 nitrogen and oxygen atoms in total. The molecule has 0 unspecified atom stereocenters. The van der Waals surface area contributed by atoms with E-state index in [9.17, 15) is 14.4 Å². The number of nitrogens with one attached hydrogen (secondary N) is 2. The molecule has 1 aliphatic rings. The number of rotatable bonds is 8. The van der Waals surface area contributed by atoms with Gasteiger partial charge in [0.2, 0.25) is 0 Å². The lowest BCUT2D eigenvalue weighted by Crippen LogP contribution is -2.45. The molecule has 148 valence electrons. The largest absolute Gasteiger partial charge is 0.484 e. The molecule has 0 aliphatic heterocycles. The number of para-hydroxylation sites is 1. The van der Waals surface area contributed by atoms with Gasteiger partial charge < -0.3 is 20.1 Å². The molecule has 27 heavy (non-hydrogen) atoms. The molecule has 2 N–H and O–H groups in total. The first-order chi connectivity index (χ1) is 13.0. The molecule has 0 radical (unpaired) electrons. The van der Waals surface area contributed by atoms with Crippen LogP contribution in [0.1, 0.15) is 39.5 Å². The average Bonchev–Trinajstić information content (AvgIpc) is 2.67. The van der Waals surface area contributed by atoms with E-state index in [1.165, 1.54) is 13.3 Å². The minimum atomic E-state index is -0.863. The fourth-order valence-corrected chi connectivity index (χ4v) is 3.05. The van der Waals surface area contributed by atoms with E-state index in [0.717, 1.165) is 19.3 Å². The predicted molar refractivity (Wildman–Crippen MR) is 100 cm³/mol. The van der Waals surface area contributed by atoms with E-state index in [1.807, 2.05) is 6.07 Å². The van der Waals surface area contributed by atoms with Crippen molar-refractivity contribution in [2.24, 2.45) is 5.92 Å². The number of benzene rings is 1. The summed E-state index contributed by atoms with van der Waals surface area (Å²) in [6.07, 6.45) is 4.34. The van der Waals surface area contributed by atoms with Crippen molar-refractivity contribution < 1.29 is 23.9 Å². The number of hydrogen-bond donors (Lipinski definition) is 2. The zero-order valence-corrected chi connectivity index (χ0v) is 15.9. The molecule has 1 aromatic rings. The van der Waals surface area contributed by atoms with Crippen LogP contribution in [0.2, 0.25) is 0 Å². The molecule has 0 aromatic heterocycles. The minimum absolute atomic E-state index is 0.136. The third-order valence-corrected chi connectivity index (χ3v) is 4.65. The first kappa shape index (κ1) is 20.7. The zero-order chi connectivity index (χ0) is 19.6. The Morgan fingerprint density at radius 3 is 2.48 bits per heavy atom. The highest BCUT2D eigenvalue weighted by molar-refractivity contribution is 5.86. The van der Waals surface area contributed by atoms with E-state index < -0.39 is 17.9 Å². The third kappa shape index (κ3) is 7.29. The predicted octanol–water partition coefficient (Wildman–Crippen LogP) is 1.81. The van der Waals surface area contributed by atoms with Gasteiger partial charge in [-0.25, -0.2) is 4.79 Å². The molecule has 0 saturated heterocycles. The first-order valence-electron chi connectivity index (χ1n) is 9.39. The molecule has 1 saturated carbocycles. The van der Waals surface area contributed by atoms with Crippen LogP contribution in [0.5, 0.6) is 5.75 Å². The van der Waals surface area contributed by atoms with Crippen molar-refractivity contribution in [2.45, 2.75) is 51.6 Å². The van der Waals surface area contributed by atoms with E-state index in [1.54, 1.807) is 24.3 Å². The maximum atomic E-state index is 12.0. The number of ether oxygens (including phenoxy) is 2. The Morgan fingerprint density at radius 1 is 1.07 bits per heavy atom. The van der Waals surface area contributed by atoms with Crippen LogP contribution >= 0.6 is 0 Å². The smallest absolute Gasteiger partial charge is 0.328 e. The van der Waals surface area contributed by atoms with Crippen LogP contribution in [0.3, 0.4) is 0 Å². The lowest BCUT2D eigenvalue weighted by molar-refractivity contribution is -0.151. The zero-order valence-electron chi connectivity index (χ0n) is 15.9. The van der Waals surface area contributed by atoms with Crippen molar-refractivity contribution in [3.05, 3.63) is 30.3 Å². The molecule has 7 heteroatoms. The van der Waals surface area contributed by atoms with Gasteiger partial charge in [0.25, 0.3) is 11.8 Å². The quantitative estimate of drug-likeness (QED) is 0.675. The summed E-state index contributed by atoms with van der Waals surface area (Å²) < 4.78 is 10.3. The molecular weight excluding hydrogens is 348 g/mol. The van der Waals surface area contributed by atoms with Gasteiger partial charge in [0, 0.05) is 6.04 Å². The van der Waals surface area contributed by atoms with Crippen LogP contribution in [-0.4, -0.2) is 43.1 Å². The fourth-order valence-electron chi connectivity index (χ4n) is 3.05. The molecular formula is C20H28N2O5. The van der Waals surface area contributed by atoms with Gasteiger partial charge in [0.05, 0.1) is 0 Å². The van der Waals surface area contributed by atoms with Gasteiger partial charge in [-0.3, -0.25) is 9.59 Å². The first-order valence-corrected chi connectivity index (χ1v) is 9.39. The van der Waals surface area contributed by atoms with E-state index in [0.29, 0.717) is 11.7 Å². The van der Waals surface area contributed by atoms with Crippen molar-refractivity contribution >= 4 is 17.8 Å². The van der Waals surface area contributed by atoms with Crippen molar-refractivity contribution in [2.75, 3.05) is 13.2 Å². The van der Waals surface area contributed by atoms with Gasteiger partial charge in [-0.1, -0.05) is 38.0 Å². The second kappa shape index (κ2) is 10.5. The number of hydrogen-bond acceptors (Lipinski definition) is 5. The van der Waals surface area contributed by atoms with Crippen LogP contribution in [0.4, 0.5) is 0 Å². The van der Waals surface area contributed by atoms with Gasteiger partial charge in [-0.2, -0.15) is 0 Å². The Hall–Kier alpha value is -2.57.